The third-order valence-electron chi connectivity index (χ3n) is 3.86. The van der Waals surface area contributed by atoms with E-state index >= 15 is 0 Å². The zero-order chi connectivity index (χ0) is 16.9. The molecule has 0 aromatic heterocycles. The maximum Gasteiger partial charge on any atom is 0.321 e. The summed E-state index contributed by atoms with van der Waals surface area (Å²) in [5.41, 5.74) is 0.804. The number of amides is 3. The number of hydrogen-bond donors (Lipinski definition) is 2. The minimum absolute atomic E-state index is 0.000352. The molecule has 1 aromatic rings. The molecule has 5 nitrogen and oxygen atoms in total. The number of likely N-dealkylation sites (tertiary alicyclic amines) is 1. The van der Waals surface area contributed by atoms with E-state index < -0.39 is 0 Å². The average Bonchev–Trinajstić information content (AvgIpc) is 2.47. The monoisotopic (exact) mass is 317 g/mol. The summed E-state index contributed by atoms with van der Waals surface area (Å²) in [6.45, 7) is 7.51. The number of carbonyl (C=O) groups excluding carboxylic acids is 2. The Balaban J connectivity index is 1.75. The Morgan fingerprint density at radius 1 is 1.13 bits per heavy atom. The number of nitrogens with zero attached hydrogens (tertiary/aromatic N) is 1. The Bertz CT molecular complexity index is 529. The maximum absolute atomic E-state index is 12.2. The number of piperidine rings is 1. The van der Waals surface area contributed by atoms with Gasteiger partial charge < -0.3 is 15.5 Å². The van der Waals surface area contributed by atoms with E-state index in [9.17, 15) is 9.59 Å². The summed E-state index contributed by atoms with van der Waals surface area (Å²) < 4.78 is 0. The predicted octanol–water partition coefficient (Wildman–Crippen LogP) is 3.24. The van der Waals surface area contributed by atoms with Crippen molar-refractivity contribution in [2.45, 2.75) is 46.1 Å². The number of hydrogen-bond acceptors (Lipinski definition) is 2. The SMILES string of the molecule is CC(C)(C)CC(=O)NC1CCN(C(=O)Nc2ccccc2)CC1. The van der Waals surface area contributed by atoms with Crippen LogP contribution in [0.1, 0.15) is 40.0 Å². The molecular formula is C18H27N3O2. The van der Waals surface area contributed by atoms with Gasteiger partial charge in [-0.3, -0.25) is 4.79 Å². The number of benzene rings is 1. The van der Waals surface area contributed by atoms with Gasteiger partial charge in [0.1, 0.15) is 0 Å². The second-order valence-electron chi connectivity index (χ2n) is 7.36. The van der Waals surface area contributed by atoms with Crippen molar-refractivity contribution >= 4 is 17.6 Å². The van der Waals surface area contributed by atoms with Gasteiger partial charge in [-0.2, -0.15) is 0 Å². The number of urea groups is 1. The van der Waals surface area contributed by atoms with E-state index in [0.717, 1.165) is 18.5 Å². The quantitative estimate of drug-likeness (QED) is 0.899. The van der Waals surface area contributed by atoms with Crippen LogP contribution in [0, 0.1) is 5.41 Å². The molecule has 2 N–H and O–H groups in total. The van der Waals surface area contributed by atoms with Gasteiger partial charge in [0.15, 0.2) is 0 Å². The third-order valence-corrected chi connectivity index (χ3v) is 3.86. The molecule has 2 rings (SSSR count). The molecule has 1 saturated heterocycles. The molecule has 5 heteroatoms. The van der Waals surface area contributed by atoms with Crippen LogP contribution in [0.4, 0.5) is 10.5 Å². The zero-order valence-electron chi connectivity index (χ0n) is 14.3. The molecular weight excluding hydrogens is 290 g/mol. The first-order chi connectivity index (χ1) is 10.8. The highest BCUT2D eigenvalue weighted by Gasteiger charge is 2.25. The molecule has 1 aliphatic rings. The highest BCUT2D eigenvalue weighted by atomic mass is 16.2. The number of anilines is 1. The molecule has 0 spiro atoms. The molecule has 126 valence electrons. The van der Waals surface area contributed by atoms with Crippen LogP contribution in [0.2, 0.25) is 0 Å². The fraction of sp³-hybridized carbons (Fsp3) is 0.556. The second-order valence-corrected chi connectivity index (χ2v) is 7.36. The molecule has 23 heavy (non-hydrogen) atoms. The van der Waals surface area contributed by atoms with Crippen LogP contribution < -0.4 is 10.6 Å². The normalized spacial score (nSPS) is 16.0. The smallest absolute Gasteiger partial charge is 0.321 e. The fourth-order valence-electron chi connectivity index (χ4n) is 2.71. The van der Waals surface area contributed by atoms with Crippen LogP contribution in [0.3, 0.4) is 0 Å². The summed E-state index contributed by atoms with van der Waals surface area (Å²) in [7, 11) is 0. The second kappa shape index (κ2) is 7.49. The van der Waals surface area contributed by atoms with Gasteiger partial charge >= 0.3 is 6.03 Å². The third kappa shape index (κ3) is 5.93. The molecule has 0 saturated carbocycles. The highest BCUT2D eigenvalue weighted by molar-refractivity contribution is 5.89. The molecule has 1 heterocycles. The topological polar surface area (TPSA) is 61.4 Å². The van der Waals surface area contributed by atoms with Crippen molar-refractivity contribution in [2.75, 3.05) is 18.4 Å². The van der Waals surface area contributed by atoms with Crippen molar-refractivity contribution in [3.05, 3.63) is 30.3 Å². The zero-order valence-corrected chi connectivity index (χ0v) is 14.3. The molecule has 0 aliphatic carbocycles. The predicted molar refractivity (Wildman–Crippen MR) is 92.3 cm³/mol. The minimum atomic E-state index is -0.0735. The number of para-hydroxylation sites is 1. The largest absolute Gasteiger partial charge is 0.353 e. The summed E-state index contributed by atoms with van der Waals surface area (Å²) in [6.07, 6.45) is 2.14. The van der Waals surface area contributed by atoms with Gasteiger partial charge in [0.05, 0.1) is 0 Å². The Morgan fingerprint density at radius 3 is 2.30 bits per heavy atom. The first-order valence-electron chi connectivity index (χ1n) is 8.24. The average molecular weight is 317 g/mol. The Kier molecular flexibility index (Phi) is 5.64. The van der Waals surface area contributed by atoms with Crippen LogP contribution in [-0.4, -0.2) is 36.0 Å². The summed E-state index contributed by atoms with van der Waals surface area (Å²) in [5.74, 6) is 0.102. The van der Waals surface area contributed by atoms with Gasteiger partial charge in [-0.15, -0.1) is 0 Å². The Hall–Kier alpha value is -2.04. The van der Waals surface area contributed by atoms with Crippen LogP contribution in [0.5, 0.6) is 0 Å². The van der Waals surface area contributed by atoms with E-state index in [2.05, 4.69) is 31.4 Å². The van der Waals surface area contributed by atoms with E-state index in [-0.39, 0.29) is 23.4 Å². The van der Waals surface area contributed by atoms with Crippen LogP contribution >= 0.6 is 0 Å². The number of nitrogens with one attached hydrogen (secondary N) is 2. The number of carbonyl (C=O) groups is 2. The van der Waals surface area contributed by atoms with Crippen LogP contribution in [0.25, 0.3) is 0 Å². The van der Waals surface area contributed by atoms with Crippen molar-refractivity contribution in [1.82, 2.24) is 10.2 Å². The lowest BCUT2D eigenvalue weighted by molar-refractivity contribution is -0.123. The minimum Gasteiger partial charge on any atom is -0.353 e. The molecule has 0 unspecified atom stereocenters. The first-order valence-corrected chi connectivity index (χ1v) is 8.24. The van der Waals surface area contributed by atoms with Gasteiger partial charge in [-0.1, -0.05) is 39.0 Å². The molecule has 0 radical (unpaired) electrons. The maximum atomic E-state index is 12.2. The molecule has 1 aromatic carbocycles. The summed E-state index contributed by atoms with van der Waals surface area (Å²) in [6, 6.07) is 9.55. The first kappa shape index (κ1) is 17.3. The summed E-state index contributed by atoms with van der Waals surface area (Å²) in [5, 5.41) is 5.99. The van der Waals surface area contributed by atoms with Crippen LogP contribution in [-0.2, 0) is 4.79 Å². The Morgan fingerprint density at radius 2 is 1.74 bits per heavy atom. The van der Waals surface area contributed by atoms with E-state index in [0.29, 0.717) is 19.5 Å². The standard InChI is InChI=1S/C18H27N3O2/c1-18(2,3)13-16(22)19-15-9-11-21(12-10-15)17(23)20-14-7-5-4-6-8-14/h4-8,15H,9-13H2,1-3H3,(H,19,22)(H,20,23). The van der Waals surface area contributed by atoms with E-state index in [4.69, 9.17) is 0 Å². The molecule has 1 aliphatic heterocycles. The Labute approximate surface area is 138 Å². The van der Waals surface area contributed by atoms with Gasteiger partial charge in [-0.05, 0) is 30.4 Å². The molecule has 1 fully saturated rings. The lowest BCUT2D eigenvalue weighted by Gasteiger charge is -2.33. The molecule has 3 amide bonds. The lowest BCUT2D eigenvalue weighted by Crippen LogP contribution is -2.48. The van der Waals surface area contributed by atoms with Crippen molar-refractivity contribution in [3.63, 3.8) is 0 Å². The summed E-state index contributed by atoms with van der Waals surface area (Å²) >= 11 is 0. The fourth-order valence-corrected chi connectivity index (χ4v) is 2.71. The highest BCUT2D eigenvalue weighted by Crippen LogP contribution is 2.19. The molecule has 0 bridgehead atoms. The van der Waals surface area contributed by atoms with Crippen molar-refractivity contribution in [1.29, 1.82) is 0 Å². The van der Waals surface area contributed by atoms with Crippen molar-refractivity contribution in [2.24, 2.45) is 5.41 Å². The number of rotatable bonds is 3. The van der Waals surface area contributed by atoms with E-state index in [1.807, 2.05) is 30.3 Å². The van der Waals surface area contributed by atoms with Gasteiger partial charge in [0, 0.05) is 31.2 Å². The van der Waals surface area contributed by atoms with Gasteiger partial charge in [0.2, 0.25) is 5.91 Å². The summed E-state index contributed by atoms with van der Waals surface area (Å²) in [4.78, 5) is 26.0. The van der Waals surface area contributed by atoms with Gasteiger partial charge in [0.25, 0.3) is 0 Å². The van der Waals surface area contributed by atoms with E-state index in [1.165, 1.54) is 0 Å². The van der Waals surface area contributed by atoms with Crippen LogP contribution in [0.15, 0.2) is 30.3 Å². The van der Waals surface area contributed by atoms with Crippen molar-refractivity contribution < 1.29 is 9.59 Å². The van der Waals surface area contributed by atoms with E-state index in [1.54, 1.807) is 4.90 Å². The van der Waals surface area contributed by atoms with Gasteiger partial charge in [-0.25, -0.2) is 4.79 Å². The lowest BCUT2D eigenvalue weighted by atomic mass is 9.91. The van der Waals surface area contributed by atoms with Crippen molar-refractivity contribution in [3.8, 4) is 0 Å². The molecule has 0 atom stereocenters.